The molecule has 1 amide bonds. The Kier molecular flexibility index (Phi) is 5.85. The average Bonchev–Trinajstić information content (AvgIpc) is 2.96. The van der Waals surface area contributed by atoms with Crippen molar-refractivity contribution in [2.75, 3.05) is 18.4 Å². The van der Waals surface area contributed by atoms with Gasteiger partial charge in [0.25, 0.3) is 0 Å². The molecule has 0 unspecified atom stereocenters. The number of thiazole rings is 1. The largest absolute Gasteiger partial charge is 0.302 e. The molecular formula is C19H27N3OS. The van der Waals surface area contributed by atoms with Crippen LogP contribution < -0.4 is 5.32 Å². The standard InChI is InChI=1S/C19H27N3OS/c1-3-4-5-18(23)21-19-20-16-7-6-15(12-17(16)24-19)13-22-10-8-14(2)9-11-22/h6-7,12,14H,3-5,8-11,13H2,1-2H3,(H,20,21,23). The predicted molar refractivity (Wildman–Crippen MR) is 101 cm³/mol. The Hall–Kier alpha value is -1.46. The second kappa shape index (κ2) is 8.08. The van der Waals surface area contributed by atoms with E-state index in [1.807, 2.05) is 0 Å². The number of benzene rings is 1. The van der Waals surface area contributed by atoms with Gasteiger partial charge in [-0.2, -0.15) is 0 Å². The predicted octanol–water partition coefficient (Wildman–Crippen LogP) is 4.66. The van der Waals surface area contributed by atoms with Crippen LogP contribution in [0.15, 0.2) is 18.2 Å². The third-order valence-electron chi connectivity index (χ3n) is 4.74. The lowest BCUT2D eigenvalue weighted by molar-refractivity contribution is -0.116. The summed E-state index contributed by atoms with van der Waals surface area (Å²) in [5.41, 5.74) is 2.31. The maximum atomic E-state index is 11.9. The van der Waals surface area contributed by atoms with Crippen molar-refractivity contribution in [3.8, 4) is 0 Å². The summed E-state index contributed by atoms with van der Waals surface area (Å²) >= 11 is 1.57. The number of fused-ring (bicyclic) bond motifs is 1. The molecule has 1 aliphatic rings. The summed E-state index contributed by atoms with van der Waals surface area (Å²) in [6.07, 6.45) is 5.14. The molecule has 3 rings (SSSR count). The molecule has 1 saturated heterocycles. The van der Waals surface area contributed by atoms with Crippen molar-refractivity contribution < 1.29 is 4.79 Å². The van der Waals surface area contributed by atoms with E-state index in [9.17, 15) is 4.79 Å². The highest BCUT2D eigenvalue weighted by Crippen LogP contribution is 2.28. The van der Waals surface area contributed by atoms with Crippen LogP contribution in [0, 0.1) is 5.92 Å². The number of rotatable bonds is 6. The van der Waals surface area contributed by atoms with E-state index < -0.39 is 0 Å². The van der Waals surface area contributed by atoms with Crippen molar-refractivity contribution in [2.45, 2.75) is 52.5 Å². The molecule has 4 nitrogen and oxygen atoms in total. The van der Waals surface area contributed by atoms with E-state index >= 15 is 0 Å². The van der Waals surface area contributed by atoms with Crippen molar-refractivity contribution in [2.24, 2.45) is 5.92 Å². The lowest BCUT2D eigenvalue weighted by atomic mass is 9.99. The van der Waals surface area contributed by atoms with Gasteiger partial charge in [0, 0.05) is 13.0 Å². The van der Waals surface area contributed by atoms with E-state index in [1.165, 1.54) is 31.5 Å². The number of nitrogens with zero attached hydrogens (tertiary/aromatic N) is 2. The summed E-state index contributed by atoms with van der Waals surface area (Å²) in [6, 6.07) is 6.48. The Morgan fingerprint density at radius 1 is 1.38 bits per heavy atom. The SMILES string of the molecule is CCCCC(=O)Nc1nc2ccc(CN3CCC(C)CC3)cc2s1. The molecule has 1 fully saturated rings. The third kappa shape index (κ3) is 4.54. The smallest absolute Gasteiger partial charge is 0.226 e. The zero-order valence-corrected chi connectivity index (χ0v) is 15.5. The minimum Gasteiger partial charge on any atom is -0.302 e. The number of amides is 1. The lowest BCUT2D eigenvalue weighted by Gasteiger charge is -2.30. The topological polar surface area (TPSA) is 45.2 Å². The van der Waals surface area contributed by atoms with Crippen molar-refractivity contribution in [1.82, 2.24) is 9.88 Å². The van der Waals surface area contributed by atoms with Crippen LogP contribution in [0.3, 0.4) is 0 Å². The molecule has 5 heteroatoms. The molecule has 0 radical (unpaired) electrons. The van der Waals surface area contributed by atoms with Gasteiger partial charge in [0.2, 0.25) is 5.91 Å². The summed E-state index contributed by atoms with van der Waals surface area (Å²) in [5, 5.41) is 3.65. The highest BCUT2D eigenvalue weighted by Gasteiger charge is 2.16. The Morgan fingerprint density at radius 3 is 2.92 bits per heavy atom. The monoisotopic (exact) mass is 345 g/mol. The minimum atomic E-state index is 0.0681. The van der Waals surface area contributed by atoms with Crippen molar-refractivity contribution in [1.29, 1.82) is 0 Å². The number of anilines is 1. The molecule has 0 bridgehead atoms. The van der Waals surface area contributed by atoms with Gasteiger partial charge in [0.05, 0.1) is 10.2 Å². The summed E-state index contributed by atoms with van der Waals surface area (Å²) < 4.78 is 1.16. The molecule has 1 aromatic heterocycles. The molecule has 0 saturated carbocycles. The van der Waals surface area contributed by atoms with Gasteiger partial charge in [-0.1, -0.05) is 37.7 Å². The van der Waals surface area contributed by atoms with Crippen LogP contribution >= 0.6 is 11.3 Å². The molecule has 24 heavy (non-hydrogen) atoms. The Bertz CT molecular complexity index is 689. The normalized spacial score (nSPS) is 16.6. The maximum absolute atomic E-state index is 11.9. The quantitative estimate of drug-likeness (QED) is 0.828. The lowest BCUT2D eigenvalue weighted by Crippen LogP contribution is -2.32. The van der Waals surface area contributed by atoms with Gasteiger partial charge in [0.15, 0.2) is 5.13 Å². The van der Waals surface area contributed by atoms with Crippen LogP contribution in [0.25, 0.3) is 10.2 Å². The van der Waals surface area contributed by atoms with Crippen LogP contribution in [-0.4, -0.2) is 28.9 Å². The number of carbonyl (C=O) groups is 1. The van der Waals surface area contributed by atoms with Gasteiger partial charge in [-0.05, 0) is 56.0 Å². The number of unbranched alkanes of at least 4 members (excludes halogenated alkanes) is 1. The molecular weight excluding hydrogens is 318 g/mol. The first-order valence-corrected chi connectivity index (χ1v) is 9.87. The van der Waals surface area contributed by atoms with Gasteiger partial charge in [-0.3, -0.25) is 9.69 Å². The molecule has 1 N–H and O–H groups in total. The van der Waals surface area contributed by atoms with E-state index in [4.69, 9.17) is 0 Å². The van der Waals surface area contributed by atoms with Crippen molar-refractivity contribution in [3.05, 3.63) is 23.8 Å². The Balaban J connectivity index is 1.64. The zero-order valence-electron chi connectivity index (χ0n) is 14.7. The van der Waals surface area contributed by atoms with Gasteiger partial charge >= 0.3 is 0 Å². The third-order valence-corrected chi connectivity index (χ3v) is 5.67. The summed E-state index contributed by atoms with van der Waals surface area (Å²) in [6.45, 7) is 7.84. The van der Waals surface area contributed by atoms with Gasteiger partial charge in [-0.15, -0.1) is 0 Å². The molecule has 2 aromatic rings. The number of hydrogen-bond donors (Lipinski definition) is 1. The molecule has 2 heterocycles. The fraction of sp³-hybridized carbons (Fsp3) is 0.579. The number of nitrogens with one attached hydrogen (secondary N) is 1. The summed E-state index contributed by atoms with van der Waals surface area (Å²) in [5.74, 6) is 0.933. The highest BCUT2D eigenvalue weighted by molar-refractivity contribution is 7.22. The second-order valence-corrected chi connectivity index (χ2v) is 7.96. The number of carbonyl (C=O) groups excluding carboxylic acids is 1. The number of aromatic nitrogens is 1. The van der Waals surface area contributed by atoms with Crippen LogP contribution in [0.4, 0.5) is 5.13 Å². The average molecular weight is 346 g/mol. The Morgan fingerprint density at radius 2 is 2.17 bits per heavy atom. The number of hydrogen-bond acceptors (Lipinski definition) is 4. The van der Waals surface area contributed by atoms with E-state index in [2.05, 4.69) is 47.2 Å². The van der Waals surface area contributed by atoms with Gasteiger partial charge in [-0.25, -0.2) is 4.98 Å². The van der Waals surface area contributed by atoms with Crippen LogP contribution in [0.2, 0.25) is 0 Å². The summed E-state index contributed by atoms with van der Waals surface area (Å²) in [7, 11) is 0. The fourth-order valence-corrected chi connectivity index (χ4v) is 4.06. The molecule has 1 aliphatic heterocycles. The first kappa shape index (κ1) is 17.4. The van der Waals surface area contributed by atoms with E-state index in [1.54, 1.807) is 11.3 Å². The molecule has 1 aromatic carbocycles. The Labute approximate surface area is 148 Å². The van der Waals surface area contributed by atoms with E-state index in [-0.39, 0.29) is 5.91 Å². The first-order chi connectivity index (χ1) is 11.6. The molecule has 130 valence electrons. The fourth-order valence-electron chi connectivity index (χ4n) is 3.12. The van der Waals surface area contributed by atoms with Crippen LogP contribution in [0.5, 0.6) is 0 Å². The minimum absolute atomic E-state index is 0.0681. The molecule has 0 aliphatic carbocycles. The van der Waals surface area contributed by atoms with Gasteiger partial charge in [0.1, 0.15) is 0 Å². The zero-order chi connectivity index (χ0) is 16.9. The summed E-state index contributed by atoms with van der Waals surface area (Å²) in [4.78, 5) is 18.9. The van der Waals surface area contributed by atoms with E-state index in [0.29, 0.717) is 6.42 Å². The maximum Gasteiger partial charge on any atom is 0.226 e. The van der Waals surface area contributed by atoms with E-state index in [0.717, 1.165) is 40.7 Å². The van der Waals surface area contributed by atoms with Crippen molar-refractivity contribution >= 4 is 32.6 Å². The van der Waals surface area contributed by atoms with Crippen LogP contribution in [0.1, 0.15) is 51.5 Å². The first-order valence-electron chi connectivity index (χ1n) is 9.05. The van der Waals surface area contributed by atoms with Crippen LogP contribution in [-0.2, 0) is 11.3 Å². The number of piperidine rings is 1. The highest BCUT2D eigenvalue weighted by atomic mass is 32.1. The number of likely N-dealkylation sites (tertiary alicyclic amines) is 1. The molecule has 0 atom stereocenters. The van der Waals surface area contributed by atoms with Gasteiger partial charge < -0.3 is 5.32 Å². The molecule has 0 spiro atoms. The van der Waals surface area contributed by atoms with Crippen molar-refractivity contribution in [3.63, 3.8) is 0 Å². The second-order valence-electron chi connectivity index (χ2n) is 6.93.